The van der Waals surface area contributed by atoms with Gasteiger partial charge in [-0.2, -0.15) is 0 Å². The van der Waals surface area contributed by atoms with E-state index in [-0.39, 0.29) is 0 Å². The highest BCUT2D eigenvalue weighted by Gasteiger charge is 2.43. The standard InChI is InChI=1S/C15H20ClN3O/c1-2-13-12-7-18-6-9(12)8-19(13)14-4-3-10(16)5-11(14)15(17)20/h3-5,9,12-13,18H,2,6-8H2,1H3,(H2,17,20). The number of halogens is 1. The summed E-state index contributed by atoms with van der Waals surface area (Å²) in [6.45, 7) is 5.33. The first kappa shape index (κ1) is 13.7. The Hall–Kier alpha value is -1.26. The SMILES string of the molecule is CCC1C2CNCC2CN1c1ccc(Cl)cc1C(N)=O. The molecule has 3 atom stereocenters. The third kappa shape index (κ3) is 2.17. The van der Waals surface area contributed by atoms with Crippen molar-refractivity contribution >= 4 is 23.2 Å². The van der Waals surface area contributed by atoms with Crippen molar-refractivity contribution in [3.05, 3.63) is 28.8 Å². The first-order chi connectivity index (χ1) is 9.61. The predicted molar refractivity (Wildman–Crippen MR) is 81.2 cm³/mol. The summed E-state index contributed by atoms with van der Waals surface area (Å²) in [4.78, 5) is 14.1. The Labute approximate surface area is 124 Å². The van der Waals surface area contributed by atoms with Gasteiger partial charge in [0.25, 0.3) is 5.91 Å². The molecular formula is C15H20ClN3O. The van der Waals surface area contributed by atoms with E-state index >= 15 is 0 Å². The monoisotopic (exact) mass is 293 g/mol. The second-order valence-electron chi connectivity index (χ2n) is 5.74. The highest BCUT2D eigenvalue weighted by atomic mass is 35.5. The number of carbonyl (C=O) groups excluding carboxylic acids is 1. The van der Waals surface area contributed by atoms with Gasteiger partial charge in [0.1, 0.15) is 0 Å². The maximum atomic E-state index is 11.7. The van der Waals surface area contributed by atoms with Crippen molar-refractivity contribution in [2.75, 3.05) is 24.5 Å². The van der Waals surface area contributed by atoms with Gasteiger partial charge in [-0.1, -0.05) is 18.5 Å². The van der Waals surface area contributed by atoms with Gasteiger partial charge in [-0.05, 0) is 36.5 Å². The molecule has 0 radical (unpaired) electrons. The van der Waals surface area contributed by atoms with E-state index in [1.54, 1.807) is 6.07 Å². The minimum Gasteiger partial charge on any atom is -0.367 e. The molecule has 3 rings (SSSR count). The minimum absolute atomic E-state index is 0.410. The average molecular weight is 294 g/mol. The van der Waals surface area contributed by atoms with Crippen molar-refractivity contribution in [2.45, 2.75) is 19.4 Å². The molecule has 20 heavy (non-hydrogen) atoms. The van der Waals surface area contributed by atoms with E-state index < -0.39 is 5.91 Å². The molecule has 2 heterocycles. The molecule has 4 nitrogen and oxygen atoms in total. The summed E-state index contributed by atoms with van der Waals surface area (Å²) in [5.41, 5.74) is 6.98. The molecule has 1 aromatic carbocycles. The maximum absolute atomic E-state index is 11.7. The van der Waals surface area contributed by atoms with E-state index in [1.807, 2.05) is 12.1 Å². The molecule has 1 aromatic rings. The van der Waals surface area contributed by atoms with Crippen molar-refractivity contribution in [1.82, 2.24) is 5.32 Å². The molecule has 108 valence electrons. The lowest BCUT2D eigenvalue weighted by atomic mass is 9.92. The molecule has 2 aliphatic rings. The van der Waals surface area contributed by atoms with Crippen LogP contribution in [0.15, 0.2) is 18.2 Å². The van der Waals surface area contributed by atoms with Gasteiger partial charge in [0, 0.05) is 36.4 Å². The summed E-state index contributed by atoms with van der Waals surface area (Å²) < 4.78 is 0. The molecule has 2 aliphatic heterocycles. The Balaban J connectivity index is 1.98. The number of fused-ring (bicyclic) bond motifs is 1. The maximum Gasteiger partial charge on any atom is 0.250 e. The fourth-order valence-electron chi connectivity index (χ4n) is 3.78. The summed E-state index contributed by atoms with van der Waals surface area (Å²) in [5.74, 6) is 0.917. The zero-order chi connectivity index (χ0) is 14.3. The third-order valence-corrected chi connectivity index (χ3v) is 4.90. The predicted octanol–water partition coefficient (Wildman–Crippen LogP) is 1.87. The molecule has 0 bridgehead atoms. The number of carbonyl (C=O) groups is 1. The summed E-state index contributed by atoms with van der Waals surface area (Å²) in [5, 5.41) is 4.02. The van der Waals surface area contributed by atoms with Crippen molar-refractivity contribution in [2.24, 2.45) is 17.6 Å². The lowest BCUT2D eigenvalue weighted by Crippen LogP contribution is -2.36. The lowest BCUT2D eigenvalue weighted by molar-refractivity contribution is 0.100. The van der Waals surface area contributed by atoms with Crippen LogP contribution in [0.5, 0.6) is 0 Å². The smallest absolute Gasteiger partial charge is 0.250 e. The van der Waals surface area contributed by atoms with Crippen molar-refractivity contribution in [3.8, 4) is 0 Å². The number of primary amides is 1. The van der Waals surface area contributed by atoms with E-state index in [0.29, 0.717) is 28.5 Å². The molecule has 2 saturated heterocycles. The van der Waals surface area contributed by atoms with Crippen LogP contribution in [0.3, 0.4) is 0 Å². The number of nitrogens with one attached hydrogen (secondary N) is 1. The van der Waals surface area contributed by atoms with Gasteiger partial charge < -0.3 is 16.0 Å². The number of nitrogens with two attached hydrogens (primary N) is 1. The Bertz CT molecular complexity index is 534. The Kier molecular flexibility index (Phi) is 3.61. The van der Waals surface area contributed by atoms with E-state index in [9.17, 15) is 4.79 Å². The quantitative estimate of drug-likeness (QED) is 0.894. The molecule has 3 N–H and O–H groups in total. The van der Waals surface area contributed by atoms with Crippen LogP contribution in [0.2, 0.25) is 5.02 Å². The van der Waals surface area contributed by atoms with Crippen LogP contribution in [0.1, 0.15) is 23.7 Å². The summed E-state index contributed by atoms with van der Waals surface area (Å²) >= 11 is 6.00. The zero-order valence-corrected chi connectivity index (χ0v) is 12.4. The number of nitrogens with zero attached hydrogens (tertiary/aromatic N) is 1. The topological polar surface area (TPSA) is 58.4 Å². The second-order valence-corrected chi connectivity index (χ2v) is 6.17. The molecule has 0 spiro atoms. The van der Waals surface area contributed by atoms with Crippen LogP contribution >= 0.6 is 11.6 Å². The largest absolute Gasteiger partial charge is 0.367 e. The highest BCUT2D eigenvalue weighted by Crippen LogP contribution is 2.39. The minimum atomic E-state index is -0.410. The lowest BCUT2D eigenvalue weighted by Gasteiger charge is -2.30. The molecule has 5 heteroatoms. The van der Waals surface area contributed by atoms with Gasteiger partial charge in [-0.3, -0.25) is 4.79 Å². The normalized spacial score (nSPS) is 28.7. The van der Waals surface area contributed by atoms with E-state index in [4.69, 9.17) is 17.3 Å². The molecule has 2 fully saturated rings. The number of hydrogen-bond acceptors (Lipinski definition) is 3. The first-order valence-electron chi connectivity index (χ1n) is 7.18. The zero-order valence-electron chi connectivity index (χ0n) is 11.6. The van der Waals surface area contributed by atoms with E-state index in [2.05, 4.69) is 17.1 Å². The summed E-state index contributed by atoms with van der Waals surface area (Å²) in [6, 6.07) is 5.91. The molecule has 0 saturated carbocycles. The fraction of sp³-hybridized carbons (Fsp3) is 0.533. The highest BCUT2D eigenvalue weighted by molar-refractivity contribution is 6.31. The first-order valence-corrected chi connectivity index (χ1v) is 7.56. The van der Waals surface area contributed by atoms with Crippen molar-refractivity contribution in [3.63, 3.8) is 0 Å². The van der Waals surface area contributed by atoms with Crippen LogP contribution in [0, 0.1) is 11.8 Å². The van der Waals surface area contributed by atoms with Crippen molar-refractivity contribution < 1.29 is 4.79 Å². The van der Waals surface area contributed by atoms with Crippen LogP contribution < -0.4 is 16.0 Å². The molecular weight excluding hydrogens is 274 g/mol. The number of hydrogen-bond donors (Lipinski definition) is 2. The van der Waals surface area contributed by atoms with Gasteiger partial charge in [-0.15, -0.1) is 0 Å². The molecule has 0 aliphatic carbocycles. The summed E-state index contributed by atoms with van der Waals surface area (Å²) in [6.07, 6.45) is 1.07. The molecule has 1 amide bonds. The Morgan fingerprint density at radius 2 is 2.30 bits per heavy atom. The Morgan fingerprint density at radius 1 is 1.50 bits per heavy atom. The summed E-state index contributed by atoms with van der Waals surface area (Å²) in [7, 11) is 0. The van der Waals surface area contributed by atoms with Gasteiger partial charge in [0.15, 0.2) is 0 Å². The third-order valence-electron chi connectivity index (χ3n) is 4.67. The van der Waals surface area contributed by atoms with Gasteiger partial charge in [0.05, 0.1) is 5.56 Å². The average Bonchev–Trinajstić information content (AvgIpc) is 2.98. The molecule has 3 unspecified atom stereocenters. The van der Waals surface area contributed by atoms with Crippen LogP contribution in [-0.4, -0.2) is 31.6 Å². The van der Waals surface area contributed by atoms with Crippen LogP contribution in [-0.2, 0) is 0 Å². The van der Waals surface area contributed by atoms with E-state index in [1.165, 1.54) is 0 Å². The Morgan fingerprint density at radius 3 is 3.00 bits per heavy atom. The van der Waals surface area contributed by atoms with Gasteiger partial charge in [-0.25, -0.2) is 0 Å². The number of benzene rings is 1. The van der Waals surface area contributed by atoms with Crippen molar-refractivity contribution in [1.29, 1.82) is 0 Å². The van der Waals surface area contributed by atoms with Crippen LogP contribution in [0.4, 0.5) is 5.69 Å². The number of anilines is 1. The number of rotatable bonds is 3. The molecule has 0 aromatic heterocycles. The van der Waals surface area contributed by atoms with Crippen LogP contribution in [0.25, 0.3) is 0 Å². The van der Waals surface area contributed by atoms with E-state index in [0.717, 1.165) is 31.7 Å². The second kappa shape index (κ2) is 5.26. The number of amides is 1. The fourth-order valence-corrected chi connectivity index (χ4v) is 3.95. The van der Waals surface area contributed by atoms with Gasteiger partial charge in [0.2, 0.25) is 0 Å². The van der Waals surface area contributed by atoms with Gasteiger partial charge >= 0.3 is 0 Å².